The van der Waals surface area contributed by atoms with Crippen molar-refractivity contribution in [2.45, 2.75) is 0 Å². The largest absolute Gasteiger partial charge is 3.00 e. The maximum Gasteiger partial charge on any atom is 3.00 e. The molecule has 0 saturated heterocycles. The van der Waals surface area contributed by atoms with Crippen molar-refractivity contribution < 1.29 is 59.1 Å². The second-order valence-corrected chi connectivity index (χ2v) is 3.97. The van der Waals surface area contributed by atoms with Crippen LogP contribution >= 0.6 is 0 Å². The predicted molar refractivity (Wildman–Crippen MR) is 71.8 cm³/mol. The minimum Gasteiger partial charge on any atom is -0.543 e. The van der Waals surface area contributed by atoms with Crippen LogP contribution in [0.4, 0.5) is 0 Å². The van der Waals surface area contributed by atoms with E-state index in [1.54, 1.807) is 0 Å². The SMILES string of the molecule is O=C([O-])c1cccc(C(=O)[O-])n1.O=C([O-])c1cccc(C(=O)[O-])n1.[NH4+].[Rh+3]. The zero-order chi connectivity index (χ0) is 18.3. The van der Waals surface area contributed by atoms with Crippen molar-refractivity contribution in [3.05, 3.63) is 59.2 Å². The number of hydrogen-bond donors (Lipinski definition) is 1. The Morgan fingerprint density at radius 3 is 0.923 bits per heavy atom. The van der Waals surface area contributed by atoms with Gasteiger partial charge in [0.25, 0.3) is 0 Å². The van der Waals surface area contributed by atoms with E-state index in [4.69, 9.17) is 0 Å². The van der Waals surface area contributed by atoms with E-state index in [2.05, 4.69) is 9.97 Å². The molecule has 12 heteroatoms. The summed E-state index contributed by atoms with van der Waals surface area (Å²) >= 11 is 0. The Morgan fingerprint density at radius 1 is 0.577 bits per heavy atom. The number of hydrogen-bond acceptors (Lipinski definition) is 10. The van der Waals surface area contributed by atoms with Gasteiger partial charge in [-0.25, -0.2) is 9.97 Å². The molecule has 2 aromatic rings. The van der Waals surface area contributed by atoms with Gasteiger partial charge in [-0.3, -0.25) is 0 Å². The Kier molecular flexibility index (Phi) is 10.9. The molecule has 0 bridgehead atoms. The van der Waals surface area contributed by atoms with Crippen molar-refractivity contribution >= 4 is 23.9 Å². The summed E-state index contributed by atoms with van der Waals surface area (Å²) in [5, 5.41) is 40.8. The van der Waals surface area contributed by atoms with Crippen molar-refractivity contribution in [2.24, 2.45) is 0 Å². The van der Waals surface area contributed by atoms with Gasteiger partial charge in [-0.2, -0.15) is 0 Å². The quantitative estimate of drug-likeness (QED) is 0.443. The smallest absolute Gasteiger partial charge is 0.543 e. The number of carbonyl (C=O) groups excluding carboxylic acids is 4. The van der Waals surface area contributed by atoms with Crippen LogP contribution < -0.4 is 26.6 Å². The van der Waals surface area contributed by atoms with Crippen LogP contribution in [0.5, 0.6) is 0 Å². The monoisotopic (exact) mass is 451 g/mol. The van der Waals surface area contributed by atoms with Crippen molar-refractivity contribution in [3.8, 4) is 0 Å². The summed E-state index contributed by atoms with van der Waals surface area (Å²) in [6.07, 6.45) is 0. The Labute approximate surface area is 158 Å². The molecule has 4 N–H and O–H groups in total. The van der Waals surface area contributed by atoms with Crippen molar-refractivity contribution in [3.63, 3.8) is 0 Å². The zero-order valence-electron chi connectivity index (χ0n) is 13.0. The van der Waals surface area contributed by atoms with Gasteiger partial charge in [-0.1, -0.05) is 12.1 Å². The summed E-state index contributed by atoms with van der Waals surface area (Å²) in [6, 6.07) is 7.07. The fourth-order valence-electron chi connectivity index (χ4n) is 1.32. The summed E-state index contributed by atoms with van der Waals surface area (Å²) < 4.78 is 0. The van der Waals surface area contributed by atoms with Gasteiger partial charge < -0.3 is 45.8 Å². The number of nitrogens with zero attached hydrogens (tertiary/aromatic N) is 2. The molecular formula is C14H10N3O8Rh. The Hall–Kier alpha value is -3.24. The first kappa shape index (κ1) is 25.0. The first-order chi connectivity index (χ1) is 11.2. The van der Waals surface area contributed by atoms with Crippen molar-refractivity contribution in [1.29, 1.82) is 0 Å². The van der Waals surface area contributed by atoms with Crippen LogP contribution in [0.2, 0.25) is 0 Å². The topological polar surface area (TPSA) is 223 Å². The van der Waals surface area contributed by atoms with Gasteiger partial charge in [0.2, 0.25) is 0 Å². The summed E-state index contributed by atoms with van der Waals surface area (Å²) in [4.78, 5) is 47.3. The molecule has 0 aliphatic heterocycles. The number of quaternary nitrogens is 1. The standard InChI is InChI=1S/2C7H5NO4.H3N.Rh/c2*9-6(10)4-2-1-3-5(8-4)7(11)12;;/h2*1-3H,(H,9,10)(H,11,12);1H3;/q;;;+3/p-3. The molecule has 138 valence electrons. The van der Waals surface area contributed by atoms with Crippen LogP contribution in [0.1, 0.15) is 42.0 Å². The van der Waals surface area contributed by atoms with Crippen molar-refractivity contribution in [2.75, 3.05) is 0 Å². The number of carboxylic acids is 4. The molecule has 2 aromatic heterocycles. The molecule has 0 aliphatic rings. The van der Waals surface area contributed by atoms with Crippen LogP contribution in [-0.4, -0.2) is 33.8 Å². The van der Waals surface area contributed by atoms with Crippen LogP contribution in [0.3, 0.4) is 0 Å². The molecular weight excluding hydrogens is 441 g/mol. The van der Waals surface area contributed by atoms with Gasteiger partial charge in [-0.15, -0.1) is 0 Å². The average molecular weight is 451 g/mol. The Bertz CT molecular complexity index is 686. The Morgan fingerprint density at radius 2 is 0.769 bits per heavy atom. The van der Waals surface area contributed by atoms with Crippen molar-refractivity contribution in [1.82, 2.24) is 16.1 Å². The van der Waals surface area contributed by atoms with Gasteiger partial charge in [0.05, 0.1) is 46.7 Å². The van der Waals surface area contributed by atoms with Crippen LogP contribution in [-0.2, 0) is 19.5 Å². The van der Waals surface area contributed by atoms with Gasteiger partial charge in [0, 0.05) is 0 Å². The van der Waals surface area contributed by atoms with E-state index in [0.29, 0.717) is 0 Å². The second-order valence-electron chi connectivity index (χ2n) is 3.97. The van der Waals surface area contributed by atoms with E-state index in [9.17, 15) is 39.6 Å². The molecule has 0 spiro atoms. The summed E-state index contributed by atoms with van der Waals surface area (Å²) in [5.74, 6) is -6.06. The van der Waals surface area contributed by atoms with Crippen LogP contribution in [0, 0.1) is 0 Å². The third-order valence-electron chi connectivity index (χ3n) is 2.33. The number of aromatic carboxylic acids is 4. The molecule has 0 unspecified atom stereocenters. The first-order valence-electron chi connectivity index (χ1n) is 6.02. The number of aromatic nitrogens is 2. The normalized spacial score (nSPS) is 8.62. The minimum absolute atomic E-state index is 0. The molecule has 11 nitrogen and oxygen atoms in total. The molecule has 0 fully saturated rings. The molecule has 2 heterocycles. The van der Waals surface area contributed by atoms with Crippen LogP contribution in [0.25, 0.3) is 0 Å². The molecule has 2 rings (SSSR count). The Balaban J connectivity index is 0. The third-order valence-corrected chi connectivity index (χ3v) is 2.33. The van der Waals surface area contributed by atoms with E-state index >= 15 is 0 Å². The second kappa shape index (κ2) is 11.3. The number of pyridine rings is 2. The summed E-state index contributed by atoms with van der Waals surface area (Å²) in [5.41, 5.74) is -1.68. The maximum atomic E-state index is 10.2. The first-order valence-corrected chi connectivity index (χ1v) is 6.02. The third kappa shape index (κ3) is 7.56. The molecule has 0 amide bonds. The number of rotatable bonds is 4. The van der Waals surface area contributed by atoms with E-state index in [1.165, 1.54) is 12.1 Å². The van der Waals surface area contributed by atoms with Crippen LogP contribution in [0.15, 0.2) is 36.4 Å². The molecule has 26 heavy (non-hydrogen) atoms. The van der Waals surface area contributed by atoms with E-state index < -0.39 is 46.7 Å². The predicted octanol–water partition coefficient (Wildman–Crippen LogP) is -4.01. The van der Waals surface area contributed by atoms with Gasteiger partial charge in [0.15, 0.2) is 0 Å². The molecule has 0 aliphatic carbocycles. The van der Waals surface area contributed by atoms with Gasteiger partial charge in [0.1, 0.15) is 0 Å². The fourth-order valence-corrected chi connectivity index (χ4v) is 1.32. The number of carbonyl (C=O) groups is 4. The van der Waals surface area contributed by atoms with E-state index in [0.717, 1.165) is 24.3 Å². The molecule has 0 aromatic carbocycles. The van der Waals surface area contributed by atoms with Gasteiger partial charge in [-0.05, 0) is 24.3 Å². The fraction of sp³-hybridized carbons (Fsp3) is 0. The average Bonchev–Trinajstić information content (AvgIpc) is 2.55. The van der Waals surface area contributed by atoms with Gasteiger partial charge >= 0.3 is 19.5 Å². The maximum absolute atomic E-state index is 10.2. The molecule has 0 radical (unpaired) electrons. The van der Waals surface area contributed by atoms with E-state index in [1.807, 2.05) is 0 Å². The minimum atomic E-state index is -1.52. The number of carboxylic acid groups (broad SMARTS) is 4. The van der Waals surface area contributed by atoms with E-state index in [-0.39, 0.29) is 25.6 Å². The summed E-state index contributed by atoms with van der Waals surface area (Å²) in [7, 11) is 0. The summed E-state index contributed by atoms with van der Waals surface area (Å²) in [6.45, 7) is 0. The zero-order valence-corrected chi connectivity index (χ0v) is 14.6. The molecule has 0 atom stereocenters. The molecule has 0 saturated carbocycles.